The van der Waals surface area contributed by atoms with E-state index in [0.29, 0.717) is 13.1 Å². The van der Waals surface area contributed by atoms with E-state index in [0.717, 1.165) is 34.3 Å². The van der Waals surface area contributed by atoms with Crippen molar-refractivity contribution in [2.45, 2.75) is 13.0 Å². The molecule has 3 N–H and O–H groups in total. The Hall–Kier alpha value is -2.95. The Kier molecular flexibility index (Phi) is 3.19. The van der Waals surface area contributed by atoms with Gasteiger partial charge in [-0.25, -0.2) is 4.79 Å². The topological polar surface area (TPSA) is 71.5 Å². The number of amides is 2. The highest BCUT2D eigenvalue weighted by atomic mass is 16.3. The summed E-state index contributed by atoms with van der Waals surface area (Å²) in [6, 6.07) is 13.8. The number of anilines is 2. The van der Waals surface area contributed by atoms with Gasteiger partial charge in [-0.05, 0) is 47.9 Å². The van der Waals surface area contributed by atoms with Gasteiger partial charge in [0.1, 0.15) is 5.58 Å². The first-order valence-corrected chi connectivity index (χ1v) is 7.60. The lowest BCUT2D eigenvalue weighted by Gasteiger charge is -2.15. The zero-order valence-electron chi connectivity index (χ0n) is 12.6. The van der Waals surface area contributed by atoms with Gasteiger partial charge in [0.05, 0.1) is 12.0 Å². The lowest BCUT2D eigenvalue weighted by molar-refractivity contribution is 0.254. The molecule has 3 aromatic rings. The summed E-state index contributed by atoms with van der Waals surface area (Å²) < 4.78 is 5.35. The van der Waals surface area contributed by atoms with Crippen LogP contribution in [0, 0.1) is 0 Å². The van der Waals surface area contributed by atoms with Crippen molar-refractivity contribution in [1.82, 2.24) is 0 Å². The fourth-order valence-corrected chi connectivity index (χ4v) is 3.05. The number of carbonyl (C=O) groups is 1. The van der Waals surface area contributed by atoms with Gasteiger partial charge < -0.3 is 15.5 Å². The van der Waals surface area contributed by atoms with Crippen molar-refractivity contribution in [2.75, 3.05) is 16.8 Å². The van der Waals surface area contributed by atoms with Crippen LogP contribution in [0.25, 0.3) is 11.0 Å². The van der Waals surface area contributed by atoms with Gasteiger partial charge in [-0.3, -0.25) is 4.90 Å². The van der Waals surface area contributed by atoms with Crippen LogP contribution in [0.3, 0.4) is 0 Å². The second kappa shape index (κ2) is 5.35. The third kappa shape index (κ3) is 2.50. The van der Waals surface area contributed by atoms with Crippen molar-refractivity contribution in [3.63, 3.8) is 0 Å². The number of nitrogens with zero attached hydrogens (tertiary/aromatic N) is 1. The number of benzene rings is 2. The van der Waals surface area contributed by atoms with Gasteiger partial charge in [0, 0.05) is 24.2 Å². The number of carbonyl (C=O) groups excluding carboxylic acids is 1. The average Bonchev–Trinajstić information content (AvgIpc) is 3.18. The van der Waals surface area contributed by atoms with E-state index in [2.05, 4.69) is 17.4 Å². The Morgan fingerprint density at radius 1 is 1.22 bits per heavy atom. The molecule has 0 fully saturated rings. The summed E-state index contributed by atoms with van der Waals surface area (Å²) in [6.45, 7) is 1.36. The minimum absolute atomic E-state index is 0.397. The van der Waals surface area contributed by atoms with Crippen LogP contribution in [-0.4, -0.2) is 12.6 Å². The Labute approximate surface area is 133 Å². The summed E-state index contributed by atoms with van der Waals surface area (Å²) >= 11 is 0. The molecule has 0 atom stereocenters. The van der Waals surface area contributed by atoms with Crippen molar-refractivity contribution in [2.24, 2.45) is 5.73 Å². The minimum atomic E-state index is -0.397. The van der Waals surface area contributed by atoms with Gasteiger partial charge in [0.2, 0.25) is 0 Å². The predicted octanol–water partition coefficient (Wildman–Crippen LogP) is 3.49. The van der Waals surface area contributed by atoms with Gasteiger partial charge in [0.25, 0.3) is 0 Å². The van der Waals surface area contributed by atoms with Crippen LogP contribution in [0.2, 0.25) is 0 Å². The zero-order chi connectivity index (χ0) is 15.8. The van der Waals surface area contributed by atoms with Crippen molar-refractivity contribution in [3.8, 4) is 0 Å². The van der Waals surface area contributed by atoms with Gasteiger partial charge in [-0.2, -0.15) is 0 Å². The van der Waals surface area contributed by atoms with Crippen LogP contribution < -0.4 is 16.0 Å². The molecule has 1 aromatic heterocycles. The Balaban J connectivity index is 1.53. The van der Waals surface area contributed by atoms with E-state index >= 15 is 0 Å². The van der Waals surface area contributed by atoms with Gasteiger partial charge in [0.15, 0.2) is 0 Å². The molecule has 2 amide bonds. The summed E-state index contributed by atoms with van der Waals surface area (Å²) in [5, 5.41) is 4.49. The minimum Gasteiger partial charge on any atom is -0.464 e. The molecule has 2 heterocycles. The highest BCUT2D eigenvalue weighted by Gasteiger charge is 2.22. The third-order valence-electron chi connectivity index (χ3n) is 4.26. The third-order valence-corrected chi connectivity index (χ3v) is 4.26. The maximum atomic E-state index is 11.5. The molecule has 2 aromatic carbocycles. The molecule has 1 aliphatic heterocycles. The molecular formula is C18H17N3O2. The zero-order valence-corrected chi connectivity index (χ0v) is 12.6. The number of hydrogen-bond donors (Lipinski definition) is 2. The summed E-state index contributed by atoms with van der Waals surface area (Å²) in [7, 11) is 0. The molecule has 116 valence electrons. The maximum Gasteiger partial charge on any atom is 0.319 e. The SMILES string of the molecule is NC(=O)N1CCc2ccc(NCc3ccc4occc4c3)cc21. The molecule has 0 saturated heterocycles. The first-order chi connectivity index (χ1) is 11.2. The van der Waals surface area contributed by atoms with E-state index in [-0.39, 0.29) is 0 Å². The highest BCUT2D eigenvalue weighted by Crippen LogP contribution is 2.30. The monoisotopic (exact) mass is 307 g/mol. The smallest absolute Gasteiger partial charge is 0.319 e. The molecule has 4 rings (SSSR count). The van der Waals surface area contributed by atoms with E-state index in [1.54, 1.807) is 11.2 Å². The molecule has 0 unspecified atom stereocenters. The molecule has 1 aliphatic rings. The first kappa shape index (κ1) is 13.7. The Morgan fingerprint density at radius 2 is 2.13 bits per heavy atom. The lowest BCUT2D eigenvalue weighted by Crippen LogP contribution is -2.33. The van der Waals surface area contributed by atoms with Gasteiger partial charge >= 0.3 is 6.03 Å². The van der Waals surface area contributed by atoms with Crippen LogP contribution in [-0.2, 0) is 13.0 Å². The Bertz CT molecular complexity index is 885. The van der Waals surface area contributed by atoms with Crippen molar-refractivity contribution in [3.05, 3.63) is 59.9 Å². The second-order valence-electron chi connectivity index (χ2n) is 5.73. The predicted molar refractivity (Wildman–Crippen MR) is 90.6 cm³/mol. The number of urea groups is 1. The molecule has 0 radical (unpaired) electrons. The van der Waals surface area contributed by atoms with Crippen LogP contribution >= 0.6 is 0 Å². The number of fused-ring (bicyclic) bond motifs is 2. The Morgan fingerprint density at radius 3 is 3.00 bits per heavy atom. The molecule has 0 aliphatic carbocycles. The average molecular weight is 307 g/mol. The molecule has 0 bridgehead atoms. The lowest BCUT2D eigenvalue weighted by atomic mass is 10.1. The highest BCUT2D eigenvalue weighted by molar-refractivity contribution is 5.93. The molecule has 5 nitrogen and oxygen atoms in total. The van der Waals surface area contributed by atoms with E-state index in [1.807, 2.05) is 30.3 Å². The van der Waals surface area contributed by atoms with Crippen molar-refractivity contribution >= 4 is 28.4 Å². The van der Waals surface area contributed by atoms with Gasteiger partial charge in [-0.15, -0.1) is 0 Å². The number of nitrogens with one attached hydrogen (secondary N) is 1. The number of furan rings is 1. The van der Waals surface area contributed by atoms with Crippen molar-refractivity contribution < 1.29 is 9.21 Å². The summed E-state index contributed by atoms with van der Waals surface area (Å²) in [4.78, 5) is 13.1. The van der Waals surface area contributed by atoms with Crippen molar-refractivity contribution in [1.29, 1.82) is 0 Å². The van der Waals surface area contributed by atoms with Crippen LogP contribution in [0.4, 0.5) is 16.2 Å². The fraction of sp³-hybridized carbons (Fsp3) is 0.167. The number of nitrogens with two attached hydrogens (primary N) is 1. The van der Waals surface area contributed by atoms with Gasteiger partial charge in [-0.1, -0.05) is 12.1 Å². The molecule has 23 heavy (non-hydrogen) atoms. The number of hydrogen-bond acceptors (Lipinski definition) is 3. The molecular weight excluding hydrogens is 290 g/mol. The van der Waals surface area contributed by atoms with E-state index in [1.165, 1.54) is 5.56 Å². The normalized spacial score (nSPS) is 13.3. The van der Waals surface area contributed by atoms with E-state index in [9.17, 15) is 4.79 Å². The van der Waals surface area contributed by atoms with Crippen LogP contribution in [0.5, 0.6) is 0 Å². The van der Waals surface area contributed by atoms with Crippen LogP contribution in [0.1, 0.15) is 11.1 Å². The number of rotatable bonds is 3. The number of primary amides is 1. The molecule has 5 heteroatoms. The maximum absolute atomic E-state index is 11.5. The standard InChI is InChI=1S/C18H17N3O2/c19-18(22)21-7-5-13-2-3-15(10-16(13)21)20-11-12-1-4-17-14(9-12)6-8-23-17/h1-4,6,8-10,20H,5,7,11H2,(H2,19,22). The van der Waals surface area contributed by atoms with Crippen LogP contribution in [0.15, 0.2) is 53.1 Å². The van der Waals surface area contributed by atoms with E-state index < -0.39 is 6.03 Å². The largest absolute Gasteiger partial charge is 0.464 e. The fourth-order valence-electron chi connectivity index (χ4n) is 3.05. The second-order valence-corrected chi connectivity index (χ2v) is 5.73. The summed E-state index contributed by atoms with van der Waals surface area (Å²) in [5.74, 6) is 0. The summed E-state index contributed by atoms with van der Waals surface area (Å²) in [6.07, 6.45) is 2.55. The van der Waals surface area contributed by atoms with E-state index in [4.69, 9.17) is 10.2 Å². The molecule has 0 spiro atoms. The quantitative estimate of drug-likeness (QED) is 0.778. The first-order valence-electron chi connectivity index (χ1n) is 7.60. The molecule has 0 saturated carbocycles. The summed E-state index contributed by atoms with van der Waals surface area (Å²) in [5.41, 5.74) is 10.5.